The fourth-order valence-corrected chi connectivity index (χ4v) is 2.36. The second kappa shape index (κ2) is 5.08. The Morgan fingerprint density at radius 1 is 1.12 bits per heavy atom. The first-order valence-corrected chi connectivity index (χ1v) is 5.89. The number of anilines is 1. The van der Waals surface area contributed by atoms with Crippen LogP contribution in [0.3, 0.4) is 0 Å². The highest BCUT2D eigenvalue weighted by molar-refractivity contribution is 6.59. The Bertz CT molecular complexity index is 380. The van der Waals surface area contributed by atoms with Crippen LogP contribution in [0.4, 0.5) is 5.69 Å². The monoisotopic (exact) mass is 235 g/mol. The maximum atomic E-state index is 9.31. The molecule has 4 nitrogen and oxygen atoms in total. The predicted molar refractivity (Wildman–Crippen MR) is 68.8 cm³/mol. The molecule has 0 aromatic heterocycles. The Morgan fingerprint density at radius 2 is 1.65 bits per heavy atom. The van der Waals surface area contributed by atoms with Crippen LogP contribution in [0.1, 0.15) is 11.1 Å². The fraction of sp³-hybridized carbons (Fsp3) is 0.500. The van der Waals surface area contributed by atoms with Gasteiger partial charge in [0, 0.05) is 18.8 Å². The number of hydrogen-bond acceptors (Lipinski definition) is 4. The fourth-order valence-electron chi connectivity index (χ4n) is 2.36. The van der Waals surface area contributed by atoms with Crippen molar-refractivity contribution in [1.29, 1.82) is 0 Å². The van der Waals surface area contributed by atoms with Gasteiger partial charge in [-0.05, 0) is 42.6 Å². The highest BCUT2D eigenvalue weighted by Gasteiger charge is 2.19. The van der Waals surface area contributed by atoms with E-state index in [1.54, 1.807) is 0 Å². The van der Waals surface area contributed by atoms with Gasteiger partial charge in [-0.3, -0.25) is 0 Å². The molecular formula is C12H18BNO3. The summed E-state index contributed by atoms with van der Waals surface area (Å²) in [5.74, 6) is 0. The summed E-state index contributed by atoms with van der Waals surface area (Å²) in [6.07, 6.45) is 0. The minimum absolute atomic E-state index is 0.613. The normalized spacial score (nSPS) is 16.1. The van der Waals surface area contributed by atoms with E-state index in [0.717, 1.165) is 43.1 Å². The molecule has 2 rings (SSSR count). The molecule has 0 aliphatic carbocycles. The molecule has 17 heavy (non-hydrogen) atoms. The first kappa shape index (κ1) is 12.4. The zero-order chi connectivity index (χ0) is 12.4. The van der Waals surface area contributed by atoms with E-state index in [4.69, 9.17) is 4.74 Å². The van der Waals surface area contributed by atoms with Crippen LogP contribution in [0.2, 0.25) is 0 Å². The standard InChI is InChI=1S/C12H18BNO3/c1-9-7-11(14-3-5-17-6-4-14)8-10(2)12(9)13(15)16/h7-8,15-16H,3-6H2,1-2H3. The van der Waals surface area contributed by atoms with E-state index < -0.39 is 7.12 Å². The molecule has 0 spiro atoms. The summed E-state index contributed by atoms with van der Waals surface area (Å²) in [6.45, 7) is 7.10. The molecule has 2 N–H and O–H groups in total. The number of rotatable bonds is 2. The van der Waals surface area contributed by atoms with Gasteiger partial charge in [0.2, 0.25) is 0 Å². The van der Waals surface area contributed by atoms with Gasteiger partial charge in [-0.25, -0.2) is 0 Å². The number of hydrogen-bond donors (Lipinski definition) is 2. The average Bonchev–Trinajstić information content (AvgIpc) is 2.28. The molecule has 1 heterocycles. The van der Waals surface area contributed by atoms with Gasteiger partial charge in [0.15, 0.2) is 0 Å². The average molecular weight is 235 g/mol. The van der Waals surface area contributed by atoms with E-state index in [9.17, 15) is 10.0 Å². The topological polar surface area (TPSA) is 52.9 Å². The van der Waals surface area contributed by atoms with Gasteiger partial charge < -0.3 is 19.7 Å². The SMILES string of the molecule is Cc1cc(N2CCOCC2)cc(C)c1B(O)O. The quantitative estimate of drug-likeness (QED) is 0.698. The molecule has 0 amide bonds. The Morgan fingerprint density at radius 3 is 2.12 bits per heavy atom. The van der Waals surface area contributed by atoms with Crippen LogP contribution in [0.25, 0.3) is 0 Å². The molecule has 0 bridgehead atoms. The van der Waals surface area contributed by atoms with Crippen LogP contribution >= 0.6 is 0 Å². The van der Waals surface area contributed by atoms with Gasteiger partial charge in [0.05, 0.1) is 13.2 Å². The van der Waals surface area contributed by atoms with E-state index in [0.29, 0.717) is 5.46 Å². The van der Waals surface area contributed by atoms with Crippen LogP contribution in [-0.4, -0.2) is 43.5 Å². The predicted octanol–water partition coefficient (Wildman–Crippen LogP) is -0.180. The molecule has 1 fully saturated rings. The van der Waals surface area contributed by atoms with Crippen LogP contribution in [0.5, 0.6) is 0 Å². The number of nitrogens with zero attached hydrogens (tertiary/aromatic N) is 1. The summed E-state index contributed by atoms with van der Waals surface area (Å²) in [4.78, 5) is 2.26. The summed E-state index contributed by atoms with van der Waals surface area (Å²) >= 11 is 0. The Hall–Kier alpha value is -1.04. The third-order valence-corrected chi connectivity index (χ3v) is 3.21. The van der Waals surface area contributed by atoms with E-state index in [1.807, 2.05) is 26.0 Å². The third-order valence-electron chi connectivity index (χ3n) is 3.21. The molecule has 1 aliphatic rings. The maximum Gasteiger partial charge on any atom is 0.488 e. The molecule has 1 aromatic carbocycles. The molecule has 1 aromatic rings. The smallest absolute Gasteiger partial charge is 0.423 e. The van der Waals surface area contributed by atoms with Gasteiger partial charge in [-0.2, -0.15) is 0 Å². The number of ether oxygens (including phenoxy) is 1. The molecule has 0 atom stereocenters. The van der Waals surface area contributed by atoms with Crippen LogP contribution in [0.15, 0.2) is 12.1 Å². The van der Waals surface area contributed by atoms with Crippen LogP contribution < -0.4 is 10.4 Å². The van der Waals surface area contributed by atoms with Crippen molar-refractivity contribution in [2.24, 2.45) is 0 Å². The van der Waals surface area contributed by atoms with Gasteiger partial charge in [-0.1, -0.05) is 0 Å². The van der Waals surface area contributed by atoms with Gasteiger partial charge in [0.1, 0.15) is 0 Å². The molecule has 5 heteroatoms. The molecule has 0 saturated carbocycles. The number of benzene rings is 1. The van der Waals surface area contributed by atoms with Gasteiger partial charge >= 0.3 is 7.12 Å². The lowest BCUT2D eigenvalue weighted by Crippen LogP contribution is -2.38. The van der Waals surface area contributed by atoms with Crippen LogP contribution in [-0.2, 0) is 4.74 Å². The number of aryl methyl sites for hydroxylation is 2. The molecule has 0 unspecified atom stereocenters. The number of morpholine rings is 1. The lowest BCUT2D eigenvalue weighted by atomic mass is 9.74. The van der Waals surface area contributed by atoms with E-state index in [-0.39, 0.29) is 0 Å². The molecule has 1 saturated heterocycles. The largest absolute Gasteiger partial charge is 0.488 e. The second-order valence-corrected chi connectivity index (χ2v) is 4.47. The Balaban J connectivity index is 2.31. The lowest BCUT2D eigenvalue weighted by Gasteiger charge is -2.30. The van der Waals surface area contributed by atoms with E-state index >= 15 is 0 Å². The Kier molecular flexibility index (Phi) is 3.71. The minimum Gasteiger partial charge on any atom is -0.423 e. The van der Waals surface area contributed by atoms with Crippen molar-refractivity contribution in [3.8, 4) is 0 Å². The van der Waals surface area contributed by atoms with E-state index in [1.165, 1.54) is 0 Å². The maximum absolute atomic E-state index is 9.31. The van der Waals surface area contributed by atoms with Crippen molar-refractivity contribution in [1.82, 2.24) is 0 Å². The highest BCUT2D eigenvalue weighted by Crippen LogP contribution is 2.18. The molecular weight excluding hydrogens is 217 g/mol. The van der Waals surface area contributed by atoms with Crippen LogP contribution in [0, 0.1) is 13.8 Å². The van der Waals surface area contributed by atoms with E-state index in [2.05, 4.69) is 4.90 Å². The van der Waals surface area contributed by atoms with Crippen molar-refractivity contribution in [3.05, 3.63) is 23.3 Å². The van der Waals surface area contributed by atoms with Gasteiger partial charge in [0.25, 0.3) is 0 Å². The zero-order valence-corrected chi connectivity index (χ0v) is 10.3. The third kappa shape index (κ3) is 2.62. The first-order chi connectivity index (χ1) is 8.09. The summed E-state index contributed by atoms with van der Waals surface area (Å²) in [6, 6.07) is 4.01. The minimum atomic E-state index is -1.39. The zero-order valence-electron chi connectivity index (χ0n) is 10.3. The summed E-state index contributed by atoms with van der Waals surface area (Å²) in [5.41, 5.74) is 3.58. The summed E-state index contributed by atoms with van der Waals surface area (Å²) in [7, 11) is -1.39. The van der Waals surface area contributed by atoms with Crippen molar-refractivity contribution < 1.29 is 14.8 Å². The molecule has 0 radical (unpaired) electrons. The lowest BCUT2D eigenvalue weighted by molar-refractivity contribution is 0.122. The second-order valence-electron chi connectivity index (χ2n) is 4.47. The van der Waals surface area contributed by atoms with Crippen molar-refractivity contribution >= 4 is 18.3 Å². The van der Waals surface area contributed by atoms with Gasteiger partial charge in [-0.15, -0.1) is 0 Å². The summed E-state index contributed by atoms with van der Waals surface area (Å²) in [5, 5.41) is 18.6. The highest BCUT2D eigenvalue weighted by atomic mass is 16.5. The summed E-state index contributed by atoms with van der Waals surface area (Å²) < 4.78 is 5.32. The Labute approximate surface area is 102 Å². The van der Waals surface area contributed by atoms with Crippen molar-refractivity contribution in [2.45, 2.75) is 13.8 Å². The van der Waals surface area contributed by atoms with Crippen molar-refractivity contribution in [3.63, 3.8) is 0 Å². The molecule has 92 valence electrons. The molecule has 1 aliphatic heterocycles. The van der Waals surface area contributed by atoms with Crippen molar-refractivity contribution in [2.75, 3.05) is 31.2 Å². The first-order valence-electron chi connectivity index (χ1n) is 5.89.